The smallest absolute Gasteiger partial charge is 0.337 e. The molecule has 0 bridgehead atoms. The molecule has 0 atom stereocenters. The lowest BCUT2D eigenvalue weighted by atomic mass is 9.86. The molecule has 1 fully saturated rings. The summed E-state index contributed by atoms with van der Waals surface area (Å²) in [6.45, 7) is 2.51. The molecule has 2 N–H and O–H groups in total. The standard InChI is InChI=1S/C27H28N6O2/c1-35-25(34)22-7-5-6-20(18-22)19-33-16-12-27(13-17-33,30-23-8-3-2-4-9-23)26-29-24(31-32-26)21-10-14-28-15-11-21/h2-11,14-15,18,30H,12-13,16-17,19H2,1H3,(H,29,31,32). The van der Waals surface area contributed by atoms with Crippen LogP contribution in [0, 0.1) is 0 Å². The summed E-state index contributed by atoms with van der Waals surface area (Å²) in [6, 6.07) is 21.7. The number of esters is 1. The molecule has 0 unspecified atom stereocenters. The van der Waals surface area contributed by atoms with E-state index in [1.54, 1.807) is 18.5 Å². The fraction of sp³-hybridized carbons (Fsp3) is 0.259. The Bertz CT molecular complexity index is 1270. The van der Waals surface area contributed by atoms with E-state index in [1.807, 2.05) is 48.5 Å². The van der Waals surface area contributed by atoms with Crippen LogP contribution >= 0.6 is 0 Å². The van der Waals surface area contributed by atoms with Crippen LogP contribution in [0.15, 0.2) is 79.1 Å². The number of aromatic nitrogens is 4. The predicted octanol–water partition coefficient (Wildman–Crippen LogP) is 4.26. The number of carbonyl (C=O) groups is 1. The van der Waals surface area contributed by atoms with E-state index >= 15 is 0 Å². The Balaban J connectivity index is 1.36. The molecule has 5 rings (SSSR count). The first-order valence-corrected chi connectivity index (χ1v) is 11.7. The molecule has 0 spiro atoms. The normalized spacial score (nSPS) is 15.5. The van der Waals surface area contributed by atoms with Crippen molar-refractivity contribution >= 4 is 11.7 Å². The molecular formula is C27H28N6O2. The number of benzene rings is 2. The van der Waals surface area contributed by atoms with Gasteiger partial charge in [0.2, 0.25) is 0 Å². The maximum absolute atomic E-state index is 11.9. The predicted molar refractivity (Wildman–Crippen MR) is 134 cm³/mol. The number of aromatic amines is 1. The van der Waals surface area contributed by atoms with Crippen molar-refractivity contribution in [1.29, 1.82) is 0 Å². The first-order valence-electron chi connectivity index (χ1n) is 11.7. The molecule has 3 heterocycles. The van der Waals surface area contributed by atoms with Crippen molar-refractivity contribution in [3.05, 3.63) is 96.1 Å². The number of likely N-dealkylation sites (tertiary alicyclic amines) is 1. The summed E-state index contributed by atoms with van der Waals surface area (Å²) < 4.78 is 4.87. The van der Waals surface area contributed by atoms with Crippen LogP contribution in [0.3, 0.4) is 0 Å². The highest BCUT2D eigenvalue weighted by Crippen LogP contribution is 2.36. The number of piperidine rings is 1. The van der Waals surface area contributed by atoms with Crippen LogP contribution in [0.2, 0.25) is 0 Å². The van der Waals surface area contributed by atoms with Gasteiger partial charge in [-0.3, -0.25) is 15.0 Å². The van der Waals surface area contributed by atoms with Crippen LogP contribution in [0.1, 0.15) is 34.6 Å². The van der Waals surface area contributed by atoms with E-state index in [-0.39, 0.29) is 11.5 Å². The summed E-state index contributed by atoms with van der Waals surface area (Å²) in [5, 5.41) is 11.5. The second kappa shape index (κ2) is 10.1. The van der Waals surface area contributed by atoms with Gasteiger partial charge in [-0.25, -0.2) is 9.78 Å². The van der Waals surface area contributed by atoms with Gasteiger partial charge in [0.1, 0.15) is 0 Å². The van der Waals surface area contributed by atoms with E-state index in [2.05, 4.69) is 37.5 Å². The van der Waals surface area contributed by atoms with Gasteiger partial charge in [-0.1, -0.05) is 30.3 Å². The van der Waals surface area contributed by atoms with E-state index in [1.165, 1.54) is 7.11 Å². The molecule has 1 aliphatic rings. The summed E-state index contributed by atoms with van der Waals surface area (Å²) in [5.41, 5.74) is 3.28. The molecule has 0 aliphatic carbocycles. The zero-order valence-corrected chi connectivity index (χ0v) is 19.6. The molecule has 178 valence electrons. The summed E-state index contributed by atoms with van der Waals surface area (Å²) in [7, 11) is 1.41. The molecule has 4 aromatic rings. The van der Waals surface area contributed by atoms with Crippen LogP contribution in [-0.2, 0) is 16.8 Å². The Labute approximate surface area is 204 Å². The van der Waals surface area contributed by atoms with Gasteiger partial charge in [0, 0.05) is 43.3 Å². The molecular weight excluding hydrogens is 440 g/mol. The van der Waals surface area contributed by atoms with E-state index in [0.717, 1.165) is 55.1 Å². The van der Waals surface area contributed by atoms with Gasteiger partial charge in [0.05, 0.1) is 18.2 Å². The lowest BCUT2D eigenvalue weighted by Crippen LogP contribution is -2.47. The monoisotopic (exact) mass is 468 g/mol. The van der Waals surface area contributed by atoms with Gasteiger partial charge in [-0.2, -0.15) is 5.10 Å². The number of carbonyl (C=O) groups excluding carboxylic acids is 1. The van der Waals surface area contributed by atoms with E-state index < -0.39 is 0 Å². The number of hydrogen-bond donors (Lipinski definition) is 2. The van der Waals surface area contributed by atoms with Crippen molar-refractivity contribution in [3.8, 4) is 11.4 Å². The van der Waals surface area contributed by atoms with Crippen molar-refractivity contribution in [2.24, 2.45) is 0 Å². The maximum Gasteiger partial charge on any atom is 0.337 e. The van der Waals surface area contributed by atoms with Gasteiger partial charge in [-0.15, -0.1) is 0 Å². The number of methoxy groups -OCH3 is 1. The molecule has 35 heavy (non-hydrogen) atoms. The van der Waals surface area contributed by atoms with Crippen molar-refractivity contribution in [1.82, 2.24) is 25.1 Å². The third-order valence-corrected chi connectivity index (χ3v) is 6.50. The minimum atomic E-state index is -0.371. The fourth-order valence-corrected chi connectivity index (χ4v) is 4.59. The molecule has 2 aromatic heterocycles. The first-order chi connectivity index (χ1) is 17.1. The average molecular weight is 469 g/mol. The van der Waals surface area contributed by atoms with Crippen LogP contribution in [0.4, 0.5) is 5.69 Å². The van der Waals surface area contributed by atoms with Gasteiger partial charge < -0.3 is 10.1 Å². The Morgan fingerprint density at radius 2 is 1.83 bits per heavy atom. The van der Waals surface area contributed by atoms with Crippen molar-refractivity contribution in [2.75, 3.05) is 25.5 Å². The highest BCUT2D eigenvalue weighted by molar-refractivity contribution is 5.89. The fourth-order valence-electron chi connectivity index (χ4n) is 4.59. The first kappa shape index (κ1) is 22.7. The number of para-hydroxylation sites is 1. The molecule has 0 amide bonds. The second-order valence-corrected chi connectivity index (χ2v) is 8.78. The molecule has 1 saturated heterocycles. The third-order valence-electron chi connectivity index (χ3n) is 6.50. The lowest BCUT2D eigenvalue weighted by molar-refractivity contribution is 0.0600. The number of nitrogens with zero attached hydrogens (tertiary/aromatic N) is 4. The number of rotatable bonds is 7. The van der Waals surface area contributed by atoms with Gasteiger partial charge in [0.25, 0.3) is 0 Å². The zero-order valence-electron chi connectivity index (χ0n) is 19.6. The molecule has 8 heteroatoms. The van der Waals surface area contributed by atoms with Crippen LogP contribution in [0.25, 0.3) is 11.4 Å². The van der Waals surface area contributed by atoms with Crippen molar-refractivity contribution in [3.63, 3.8) is 0 Å². The molecule has 0 saturated carbocycles. The van der Waals surface area contributed by atoms with Crippen LogP contribution in [0.5, 0.6) is 0 Å². The van der Waals surface area contributed by atoms with Gasteiger partial charge in [0.15, 0.2) is 11.6 Å². The van der Waals surface area contributed by atoms with Crippen LogP contribution in [-0.4, -0.2) is 51.2 Å². The number of nitrogens with one attached hydrogen (secondary N) is 2. The zero-order chi connectivity index (χ0) is 24.1. The molecule has 8 nitrogen and oxygen atoms in total. The van der Waals surface area contributed by atoms with Gasteiger partial charge in [-0.05, 0) is 54.8 Å². The third kappa shape index (κ3) is 5.07. The quantitative estimate of drug-likeness (QED) is 0.391. The number of ether oxygens (including phenoxy) is 1. The lowest BCUT2D eigenvalue weighted by Gasteiger charge is -2.41. The van der Waals surface area contributed by atoms with E-state index in [0.29, 0.717) is 11.4 Å². The Hall–Kier alpha value is -4.04. The topological polar surface area (TPSA) is 96.0 Å². The highest BCUT2D eigenvalue weighted by Gasteiger charge is 2.39. The Morgan fingerprint density at radius 1 is 1.06 bits per heavy atom. The van der Waals surface area contributed by atoms with E-state index in [4.69, 9.17) is 9.72 Å². The van der Waals surface area contributed by atoms with Crippen molar-refractivity contribution in [2.45, 2.75) is 24.9 Å². The summed E-state index contributed by atoms with van der Waals surface area (Å²) >= 11 is 0. The maximum atomic E-state index is 11.9. The average Bonchev–Trinajstić information content (AvgIpc) is 3.42. The van der Waals surface area contributed by atoms with Crippen molar-refractivity contribution < 1.29 is 9.53 Å². The number of pyridine rings is 1. The largest absolute Gasteiger partial charge is 0.465 e. The number of H-pyrrole nitrogens is 1. The van der Waals surface area contributed by atoms with Crippen LogP contribution < -0.4 is 5.32 Å². The Kier molecular flexibility index (Phi) is 6.54. The SMILES string of the molecule is COC(=O)c1cccc(CN2CCC(Nc3ccccc3)(c3nc(-c4ccncc4)n[nH]3)CC2)c1. The number of anilines is 1. The van der Waals surface area contributed by atoms with Gasteiger partial charge >= 0.3 is 5.97 Å². The molecule has 2 aromatic carbocycles. The minimum Gasteiger partial charge on any atom is -0.465 e. The molecule has 1 aliphatic heterocycles. The van der Waals surface area contributed by atoms with E-state index in [9.17, 15) is 4.79 Å². The Morgan fingerprint density at radius 3 is 2.57 bits per heavy atom. The second-order valence-electron chi connectivity index (χ2n) is 8.78. The summed E-state index contributed by atoms with van der Waals surface area (Å²) in [5.74, 6) is 1.19. The number of hydrogen-bond acceptors (Lipinski definition) is 7. The summed E-state index contributed by atoms with van der Waals surface area (Å²) in [6.07, 6.45) is 5.20. The summed E-state index contributed by atoms with van der Waals surface area (Å²) in [4.78, 5) is 23.3. The minimum absolute atomic E-state index is 0.313. The highest BCUT2D eigenvalue weighted by atomic mass is 16.5. The molecule has 0 radical (unpaired) electrons.